The van der Waals surface area contributed by atoms with Crippen LogP contribution in [0.2, 0.25) is 0 Å². The summed E-state index contributed by atoms with van der Waals surface area (Å²) in [6, 6.07) is 7.44. The summed E-state index contributed by atoms with van der Waals surface area (Å²) in [5.41, 5.74) is 0.779. The molecule has 17 heavy (non-hydrogen) atoms. The van der Waals surface area contributed by atoms with Crippen LogP contribution >= 0.6 is 11.8 Å². The number of ether oxygens (including phenoxy) is 1. The van der Waals surface area contributed by atoms with E-state index in [1.165, 1.54) is 0 Å². The minimum absolute atomic E-state index is 0.0258. The fourth-order valence-electron chi connectivity index (χ4n) is 1.54. The Hall–Kier alpha value is -1.49. The van der Waals surface area contributed by atoms with Crippen LogP contribution in [0, 0.1) is 0 Å². The molecule has 1 amide bonds. The van der Waals surface area contributed by atoms with Crippen LogP contribution in [0.15, 0.2) is 29.3 Å². The van der Waals surface area contributed by atoms with Gasteiger partial charge < -0.3 is 10.1 Å². The second-order valence-electron chi connectivity index (χ2n) is 3.80. The minimum Gasteiger partial charge on any atom is -0.497 e. The Bertz CT molecular complexity index is 460. The number of amides is 1. The quantitative estimate of drug-likeness (QED) is 0.876. The summed E-state index contributed by atoms with van der Waals surface area (Å²) >= 11 is 1.58. The zero-order chi connectivity index (χ0) is 12.3. The zero-order valence-corrected chi connectivity index (χ0v) is 10.6. The number of methoxy groups -OCH3 is 1. The van der Waals surface area contributed by atoms with Crippen LogP contribution in [0.1, 0.15) is 13.3 Å². The van der Waals surface area contributed by atoms with Gasteiger partial charge in [-0.3, -0.25) is 4.79 Å². The van der Waals surface area contributed by atoms with E-state index < -0.39 is 0 Å². The molecule has 0 bridgehead atoms. The minimum atomic E-state index is 0.0258. The van der Waals surface area contributed by atoms with Gasteiger partial charge in [-0.1, -0.05) is 24.8 Å². The normalized spacial score (nSPS) is 22.4. The number of thioether (sulfide) groups is 1. The molecule has 90 valence electrons. The fourth-order valence-corrected chi connectivity index (χ4v) is 2.49. The molecule has 1 heterocycles. The number of hydrogen-bond acceptors (Lipinski definition) is 4. The molecule has 1 unspecified atom stereocenters. The third-order valence-corrected chi connectivity index (χ3v) is 3.30. The second kappa shape index (κ2) is 5.23. The summed E-state index contributed by atoms with van der Waals surface area (Å²) in [4.78, 5) is 15.8. The number of aliphatic imine (C=N–C) groups is 1. The first kappa shape index (κ1) is 12.0. The van der Waals surface area contributed by atoms with E-state index in [1.807, 2.05) is 31.2 Å². The Morgan fingerprint density at radius 1 is 1.53 bits per heavy atom. The van der Waals surface area contributed by atoms with E-state index in [4.69, 9.17) is 4.74 Å². The zero-order valence-electron chi connectivity index (χ0n) is 9.77. The fraction of sp³-hybridized carbons (Fsp3) is 0.333. The predicted octanol–water partition coefficient (Wildman–Crippen LogP) is 2.32. The van der Waals surface area contributed by atoms with Crippen molar-refractivity contribution in [3.8, 4) is 5.75 Å². The van der Waals surface area contributed by atoms with Crippen LogP contribution in [0.4, 0.5) is 5.69 Å². The van der Waals surface area contributed by atoms with Crippen molar-refractivity contribution in [3.05, 3.63) is 24.3 Å². The first-order valence-corrected chi connectivity index (χ1v) is 6.24. The molecule has 0 saturated carbocycles. The summed E-state index contributed by atoms with van der Waals surface area (Å²) in [6.07, 6.45) is 0.543. The third-order valence-electron chi connectivity index (χ3n) is 2.32. The van der Waals surface area contributed by atoms with Crippen molar-refractivity contribution in [1.29, 1.82) is 0 Å². The van der Waals surface area contributed by atoms with Gasteiger partial charge in [0.1, 0.15) is 5.75 Å². The van der Waals surface area contributed by atoms with Crippen LogP contribution in [0.25, 0.3) is 0 Å². The maximum Gasteiger partial charge on any atom is 0.227 e. The lowest BCUT2D eigenvalue weighted by atomic mass is 10.3. The van der Waals surface area contributed by atoms with Gasteiger partial charge in [-0.25, -0.2) is 4.99 Å². The number of rotatable bonds is 2. The molecule has 0 aliphatic carbocycles. The van der Waals surface area contributed by atoms with Gasteiger partial charge in [-0.05, 0) is 12.1 Å². The number of nitrogens with zero attached hydrogens (tertiary/aromatic N) is 1. The standard InChI is InChI=1S/C12H14N2O2S/c1-8-6-11(15)14-12(17-8)13-9-4-3-5-10(7-9)16-2/h3-5,7-8H,6H2,1-2H3,(H,13,14,15). The summed E-state index contributed by atoms with van der Waals surface area (Å²) in [6.45, 7) is 2.02. The average molecular weight is 250 g/mol. The number of carbonyl (C=O) groups excluding carboxylic acids is 1. The Balaban J connectivity index is 2.19. The molecule has 0 radical (unpaired) electrons. The Morgan fingerprint density at radius 2 is 2.35 bits per heavy atom. The third kappa shape index (κ3) is 3.23. The molecular weight excluding hydrogens is 236 g/mol. The van der Waals surface area contributed by atoms with Crippen molar-refractivity contribution in [1.82, 2.24) is 5.32 Å². The molecule has 0 spiro atoms. The number of amidine groups is 1. The molecule has 5 heteroatoms. The SMILES string of the molecule is COc1cccc(N=C2NC(=O)CC(C)S2)c1. The van der Waals surface area contributed by atoms with Crippen molar-refractivity contribution in [2.24, 2.45) is 4.99 Å². The van der Waals surface area contributed by atoms with Crippen LogP contribution in [-0.2, 0) is 4.79 Å². The molecule has 1 N–H and O–H groups in total. The first-order chi connectivity index (χ1) is 8.17. The highest BCUT2D eigenvalue weighted by Gasteiger charge is 2.20. The molecular formula is C12H14N2O2S. The maximum absolute atomic E-state index is 11.4. The Kier molecular flexibility index (Phi) is 3.68. The summed E-state index contributed by atoms with van der Waals surface area (Å²) < 4.78 is 5.12. The van der Waals surface area contributed by atoms with Gasteiger partial charge in [0.2, 0.25) is 5.91 Å². The largest absolute Gasteiger partial charge is 0.497 e. The lowest BCUT2D eigenvalue weighted by molar-refractivity contribution is -0.119. The van der Waals surface area contributed by atoms with Gasteiger partial charge >= 0.3 is 0 Å². The second-order valence-corrected chi connectivity index (χ2v) is 5.23. The highest BCUT2D eigenvalue weighted by atomic mass is 32.2. The van der Waals surface area contributed by atoms with Crippen LogP contribution in [0.5, 0.6) is 5.75 Å². The van der Waals surface area contributed by atoms with E-state index in [-0.39, 0.29) is 11.2 Å². The highest BCUT2D eigenvalue weighted by molar-refractivity contribution is 8.14. The Morgan fingerprint density at radius 3 is 3.06 bits per heavy atom. The van der Waals surface area contributed by atoms with E-state index in [1.54, 1.807) is 18.9 Å². The number of benzene rings is 1. The van der Waals surface area contributed by atoms with Crippen molar-refractivity contribution >= 4 is 28.5 Å². The molecule has 1 aromatic rings. The monoisotopic (exact) mass is 250 g/mol. The summed E-state index contributed by atoms with van der Waals surface area (Å²) in [7, 11) is 1.62. The van der Waals surface area contributed by atoms with Crippen LogP contribution in [0.3, 0.4) is 0 Å². The molecule has 0 aromatic heterocycles. The lowest BCUT2D eigenvalue weighted by Crippen LogP contribution is -2.36. The van der Waals surface area contributed by atoms with Gasteiger partial charge in [-0.2, -0.15) is 0 Å². The van der Waals surface area contributed by atoms with Crippen molar-refractivity contribution in [2.75, 3.05) is 7.11 Å². The van der Waals surface area contributed by atoms with E-state index in [0.29, 0.717) is 11.6 Å². The lowest BCUT2D eigenvalue weighted by Gasteiger charge is -2.19. The molecule has 1 aromatic carbocycles. The smallest absolute Gasteiger partial charge is 0.227 e. The topological polar surface area (TPSA) is 50.7 Å². The molecule has 1 atom stereocenters. The van der Waals surface area contributed by atoms with E-state index in [9.17, 15) is 4.79 Å². The molecule has 1 aliphatic heterocycles. The van der Waals surface area contributed by atoms with Gasteiger partial charge in [0.15, 0.2) is 5.17 Å². The van der Waals surface area contributed by atoms with Crippen molar-refractivity contribution in [2.45, 2.75) is 18.6 Å². The van der Waals surface area contributed by atoms with E-state index in [0.717, 1.165) is 11.4 Å². The number of hydrogen-bond donors (Lipinski definition) is 1. The molecule has 1 saturated heterocycles. The van der Waals surface area contributed by atoms with Gasteiger partial charge in [0.25, 0.3) is 0 Å². The van der Waals surface area contributed by atoms with Crippen LogP contribution in [-0.4, -0.2) is 23.4 Å². The number of nitrogens with one attached hydrogen (secondary N) is 1. The van der Waals surface area contributed by atoms with Crippen molar-refractivity contribution in [3.63, 3.8) is 0 Å². The maximum atomic E-state index is 11.4. The Labute approximate surface area is 104 Å². The molecule has 1 fully saturated rings. The first-order valence-electron chi connectivity index (χ1n) is 5.36. The van der Waals surface area contributed by atoms with E-state index in [2.05, 4.69) is 10.3 Å². The molecule has 4 nitrogen and oxygen atoms in total. The summed E-state index contributed by atoms with van der Waals surface area (Å²) in [5.74, 6) is 0.782. The van der Waals surface area contributed by atoms with Crippen LogP contribution < -0.4 is 10.1 Å². The summed E-state index contributed by atoms with van der Waals surface area (Å²) in [5, 5.41) is 3.69. The van der Waals surface area contributed by atoms with Gasteiger partial charge in [-0.15, -0.1) is 0 Å². The average Bonchev–Trinajstić information content (AvgIpc) is 2.28. The van der Waals surface area contributed by atoms with Gasteiger partial charge in [0.05, 0.1) is 12.8 Å². The highest BCUT2D eigenvalue weighted by Crippen LogP contribution is 2.24. The van der Waals surface area contributed by atoms with Gasteiger partial charge in [0, 0.05) is 17.7 Å². The molecule has 1 aliphatic rings. The number of carbonyl (C=O) groups is 1. The van der Waals surface area contributed by atoms with Crippen molar-refractivity contribution < 1.29 is 9.53 Å². The molecule has 2 rings (SSSR count). The van der Waals surface area contributed by atoms with E-state index >= 15 is 0 Å². The predicted molar refractivity (Wildman–Crippen MR) is 69.9 cm³/mol.